The first-order chi connectivity index (χ1) is 17.6. The zero-order valence-electron chi connectivity index (χ0n) is 21.2. The number of Topliss-reactive ketones (excluding diaryl/α,β-unsaturated/α-hetero) is 2. The van der Waals surface area contributed by atoms with Crippen molar-refractivity contribution in [3.05, 3.63) is 45.7 Å². The summed E-state index contributed by atoms with van der Waals surface area (Å²) < 4.78 is 15.2. The minimum atomic E-state index is -2.80. The van der Waals surface area contributed by atoms with Gasteiger partial charge in [0.1, 0.15) is 22.9 Å². The Hall–Kier alpha value is -3.81. The summed E-state index contributed by atoms with van der Waals surface area (Å²) in [6, 6.07) is -0.253. The third kappa shape index (κ3) is 3.85. The van der Waals surface area contributed by atoms with Gasteiger partial charge in [-0.3, -0.25) is 24.1 Å². The van der Waals surface area contributed by atoms with E-state index < -0.39 is 86.7 Å². The Morgan fingerprint density at radius 3 is 2.37 bits per heavy atom. The van der Waals surface area contributed by atoms with Gasteiger partial charge in [-0.15, -0.1) is 0 Å². The van der Waals surface area contributed by atoms with Crippen LogP contribution >= 0.6 is 0 Å². The van der Waals surface area contributed by atoms with Crippen LogP contribution < -0.4 is 11.1 Å². The van der Waals surface area contributed by atoms with Crippen molar-refractivity contribution < 1.29 is 44.0 Å². The monoisotopic (exact) mass is 532 g/mol. The number of allylic oxidation sites excluding steroid dienone is 1. The van der Waals surface area contributed by atoms with Crippen molar-refractivity contribution >= 4 is 29.1 Å². The van der Waals surface area contributed by atoms with Crippen LogP contribution in [0, 0.1) is 17.7 Å². The molecule has 1 aromatic rings. The van der Waals surface area contributed by atoms with Crippen LogP contribution in [0.4, 0.5) is 10.1 Å². The molecule has 0 aliphatic heterocycles. The number of amides is 2. The molecule has 7 N–H and O–H groups in total. The minimum absolute atomic E-state index is 0.0910. The van der Waals surface area contributed by atoms with Crippen LogP contribution in [0.2, 0.25) is 0 Å². The average molecular weight is 533 g/mol. The van der Waals surface area contributed by atoms with Gasteiger partial charge in [-0.2, -0.15) is 0 Å². The van der Waals surface area contributed by atoms with Crippen LogP contribution in [0.1, 0.15) is 22.3 Å². The first-order valence-corrected chi connectivity index (χ1v) is 11.8. The highest BCUT2D eigenvalue weighted by atomic mass is 19.1. The molecule has 204 valence electrons. The van der Waals surface area contributed by atoms with Crippen molar-refractivity contribution in [2.45, 2.75) is 24.5 Å². The highest BCUT2D eigenvalue weighted by Gasteiger charge is 2.63. The number of rotatable bonds is 5. The van der Waals surface area contributed by atoms with Crippen LogP contribution in [0.25, 0.3) is 0 Å². The first kappa shape index (κ1) is 27.2. The highest BCUT2D eigenvalue weighted by molar-refractivity contribution is 6.25. The molecule has 4 atom stereocenters. The van der Waals surface area contributed by atoms with Crippen molar-refractivity contribution in [1.29, 1.82) is 0 Å². The zero-order valence-corrected chi connectivity index (χ0v) is 21.2. The molecule has 12 nitrogen and oxygen atoms in total. The van der Waals surface area contributed by atoms with E-state index in [1.165, 1.54) is 23.9 Å². The molecule has 0 fully saturated rings. The van der Waals surface area contributed by atoms with Crippen LogP contribution in [-0.4, -0.2) is 100.0 Å². The number of nitrogens with one attached hydrogen (secondary N) is 1. The molecule has 0 heterocycles. The van der Waals surface area contributed by atoms with Crippen LogP contribution in [-0.2, 0) is 20.8 Å². The second kappa shape index (κ2) is 9.19. The van der Waals surface area contributed by atoms with Crippen molar-refractivity contribution in [2.75, 3.05) is 40.1 Å². The number of primary amides is 1. The summed E-state index contributed by atoms with van der Waals surface area (Å²) in [4.78, 5) is 54.1. The van der Waals surface area contributed by atoms with Crippen molar-refractivity contribution in [3.63, 3.8) is 0 Å². The fraction of sp³-hybridized carbons (Fsp3) is 0.440. The SMILES string of the molecule is CN(C)CC(=O)Nc1cc(F)c2c(c1O)C(=O)C1=C(O)[C@]3(O)C(=O)C(C(N)=O)=C(O)[C@@H](N(C)C)[C@@H]3C[C@@H]1C2. The van der Waals surface area contributed by atoms with Gasteiger partial charge in [-0.1, -0.05) is 0 Å². The van der Waals surface area contributed by atoms with E-state index in [1.807, 2.05) is 0 Å². The maximum Gasteiger partial charge on any atom is 0.255 e. The zero-order chi connectivity index (χ0) is 28.4. The Balaban J connectivity index is 1.88. The predicted molar refractivity (Wildman–Crippen MR) is 131 cm³/mol. The molecular weight excluding hydrogens is 503 g/mol. The molecule has 13 heteroatoms. The minimum Gasteiger partial charge on any atom is -0.510 e. The number of anilines is 1. The second-order valence-electron chi connectivity index (χ2n) is 10.4. The number of carbonyl (C=O) groups is 4. The van der Waals surface area contributed by atoms with Gasteiger partial charge in [0.15, 0.2) is 17.1 Å². The molecule has 38 heavy (non-hydrogen) atoms. The van der Waals surface area contributed by atoms with Gasteiger partial charge in [-0.25, -0.2) is 4.39 Å². The second-order valence-corrected chi connectivity index (χ2v) is 10.4. The van der Waals surface area contributed by atoms with Crippen molar-refractivity contribution in [2.24, 2.45) is 17.6 Å². The molecule has 0 spiro atoms. The molecular formula is C25H29FN4O8. The number of hydrogen-bond donors (Lipinski definition) is 6. The number of nitrogens with zero attached hydrogens (tertiary/aromatic N) is 2. The fourth-order valence-electron chi connectivity index (χ4n) is 5.85. The van der Waals surface area contributed by atoms with Gasteiger partial charge in [0.2, 0.25) is 11.7 Å². The summed E-state index contributed by atoms with van der Waals surface area (Å²) in [6.45, 7) is -0.0910. The van der Waals surface area contributed by atoms with Gasteiger partial charge >= 0.3 is 0 Å². The molecule has 2 amide bonds. The third-order valence-electron chi connectivity index (χ3n) is 7.40. The van der Waals surface area contributed by atoms with E-state index in [0.29, 0.717) is 0 Å². The molecule has 0 aromatic heterocycles. The predicted octanol–water partition coefficient (Wildman–Crippen LogP) is -0.240. The molecule has 3 aliphatic rings. The molecule has 0 saturated carbocycles. The van der Waals surface area contributed by atoms with Gasteiger partial charge in [0.05, 0.1) is 23.8 Å². The van der Waals surface area contributed by atoms with E-state index in [-0.39, 0.29) is 30.6 Å². The largest absolute Gasteiger partial charge is 0.510 e. The van der Waals surface area contributed by atoms with E-state index in [4.69, 9.17) is 5.73 Å². The van der Waals surface area contributed by atoms with Gasteiger partial charge in [0, 0.05) is 23.1 Å². The number of ketones is 2. The highest BCUT2D eigenvalue weighted by Crippen LogP contribution is 2.53. The summed E-state index contributed by atoms with van der Waals surface area (Å²) in [6.07, 6.45) is -0.354. The number of aliphatic hydroxyl groups is 3. The Morgan fingerprint density at radius 1 is 1.18 bits per heavy atom. The lowest BCUT2D eigenvalue weighted by Gasteiger charge is -2.50. The van der Waals surface area contributed by atoms with Crippen molar-refractivity contribution in [1.82, 2.24) is 9.80 Å². The summed E-state index contributed by atoms with van der Waals surface area (Å²) in [5.41, 5.74) is 0.118. The topological polar surface area (TPSA) is 194 Å². The van der Waals surface area contributed by atoms with Crippen LogP contribution in [0.15, 0.2) is 28.7 Å². The number of hydrogen-bond acceptors (Lipinski definition) is 10. The lowest BCUT2D eigenvalue weighted by molar-refractivity contribution is -0.148. The number of phenols is 1. The Morgan fingerprint density at radius 2 is 1.82 bits per heavy atom. The standard InChI is InChI=1S/C25H29FN4O8/c1-29(2)8-14(31)28-13-7-12(26)10-5-9-6-11-18(30(3)4)21(34)17(24(27)37)23(36)25(11,38)22(35)15(9)20(33)16(10)19(13)32/h7,9,11,18,32,34-35,38H,5-6,8H2,1-4H3,(H2,27,37)(H,28,31)/t9-,11-,18-,25-/m0/s1. The number of nitrogens with two attached hydrogens (primary N) is 1. The Bertz CT molecular complexity index is 1350. The molecule has 3 aliphatic carbocycles. The summed E-state index contributed by atoms with van der Waals surface area (Å²) in [5.74, 6) is -9.81. The fourth-order valence-corrected chi connectivity index (χ4v) is 5.85. The molecule has 4 rings (SSSR count). The molecule has 0 saturated heterocycles. The Kier molecular flexibility index (Phi) is 6.58. The normalized spacial score (nSPS) is 26.9. The quantitative estimate of drug-likeness (QED) is 0.218. The van der Waals surface area contributed by atoms with Gasteiger partial charge in [-0.05, 0) is 47.0 Å². The third-order valence-corrected chi connectivity index (χ3v) is 7.40. The molecule has 1 aromatic carbocycles. The lowest BCUT2D eigenvalue weighted by atomic mass is 9.58. The summed E-state index contributed by atoms with van der Waals surface area (Å²) in [5, 5.41) is 46.7. The van der Waals surface area contributed by atoms with Crippen molar-refractivity contribution in [3.8, 4) is 5.75 Å². The smallest absolute Gasteiger partial charge is 0.255 e. The number of carbonyl (C=O) groups excluding carboxylic acids is 4. The Labute approximate surface area is 216 Å². The summed E-state index contributed by atoms with van der Waals surface area (Å²) >= 11 is 0. The van der Waals surface area contributed by atoms with Crippen LogP contribution in [0.5, 0.6) is 5.75 Å². The van der Waals surface area contributed by atoms with E-state index >= 15 is 4.39 Å². The lowest BCUT2D eigenvalue weighted by Crippen LogP contribution is -2.63. The summed E-state index contributed by atoms with van der Waals surface area (Å²) in [7, 11) is 6.27. The van der Waals surface area contributed by atoms with E-state index in [9.17, 15) is 39.6 Å². The maximum atomic E-state index is 15.2. The molecule has 0 radical (unpaired) electrons. The molecule has 0 unspecified atom stereocenters. The molecule has 0 bridgehead atoms. The van der Waals surface area contributed by atoms with E-state index in [0.717, 1.165) is 6.07 Å². The maximum absolute atomic E-state index is 15.2. The van der Waals surface area contributed by atoms with E-state index in [1.54, 1.807) is 14.1 Å². The number of fused-ring (bicyclic) bond motifs is 3. The number of halogens is 1. The number of aromatic hydroxyl groups is 1. The number of aliphatic hydroxyl groups excluding tert-OH is 2. The average Bonchev–Trinajstić information content (AvgIpc) is 2.78. The number of phenolic OH excluding ortho intramolecular Hbond substituents is 1. The number of likely N-dealkylation sites (N-methyl/N-ethyl adjacent to an activating group) is 2. The van der Waals surface area contributed by atoms with Gasteiger partial charge < -0.3 is 36.4 Å². The number of benzene rings is 1. The van der Waals surface area contributed by atoms with E-state index in [2.05, 4.69) is 5.32 Å². The van der Waals surface area contributed by atoms with Gasteiger partial charge in [0.25, 0.3) is 5.91 Å². The first-order valence-electron chi connectivity index (χ1n) is 11.8. The van der Waals surface area contributed by atoms with Crippen LogP contribution in [0.3, 0.4) is 0 Å².